The Balaban J connectivity index is -0.0000000371. The summed E-state index contributed by atoms with van der Waals surface area (Å²) < 4.78 is 11.8. The molecule has 0 aromatic rings. The molecular formula is C29H62FNSn2. The minimum absolute atomic E-state index is 0. The van der Waals surface area contributed by atoms with Crippen LogP contribution in [0.4, 0.5) is 4.39 Å². The van der Waals surface area contributed by atoms with Crippen LogP contribution in [0.5, 0.6) is 0 Å². The first-order chi connectivity index (χ1) is 14.9. The Kier molecular flexibility index (Phi) is 127. The first-order valence-corrected chi connectivity index (χ1v) is 13.3. The van der Waals surface area contributed by atoms with E-state index in [9.17, 15) is 4.39 Å². The van der Waals surface area contributed by atoms with Gasteiger partial charge in [-0.25, -0.2) is 0 Å². The average molecular weight is 681 g/mol. The van der Waals surface area contributed by atoms with Crippen LogP contribution in [-0.4, -0.2) is 47.8 Å². The number of halogens is 1. The second-order valence-electron chi connectivity index (χ2n) is 7.01. The van der Waals surface area contributed by atoms with Gasteiger partial charge in [-0.2, -0.15) is 0 Å². The number of unbranched alkanes of at least 4 members (excludes halogenated alkanes) is 6. The van der Waals surface area contributed by atoms with Gasteiger partial charge in [-0.05, 0) is 12.4 Å². The van der Waals surface area contributed by atoms with E-state index >= 15 is 0 Å². The van der Waals surface area contributed by atoms with Crippen molar-refractivity contribution in [2.75, 3.05) is 0 Å². The summed E-state index contributed by atoms with van der Waals surface area (Å²) in [7, 11) is 0. The molecule has 0 aliphatic carbocycles. The van der Waals surface area contributed by atoms with E-state index in [2.05, 4.69) is 100 Å². The molecule has 0 fully saturated rings. The Hall–Kier alpha value is 0.497. The number of rotatable bonds is 6. The smallest absolute Gasteiger partial charge is 0.401 e. The van der Waals surface area contributed by atoms with Crippen LogP contribution in [0, 0.1) is 6.08 Å². The predicted octanol–water partition coefficient (Wildman–Crippen LogP) is 11.7. The van der Waals surface area contributed by atoms with Crippen LogP contribution in [0.1, 0.15) is 160 Å². The fourth-order valence-electron chi connectivity index (χ4n) is 0.267. The molecule has 0 atom stereocenters. The molecule has 1 aliphatic rings. The van der Waals surface area contributed by atoms with Gasteiger partial charge in [0, 0.05) is 47.8 Å². The third-order valence-electron chi connectivity index (χ3n) is 3.53. The van der Waals surface area contributed by atoms with Crippen LogP contribution in [0.3, 0.4) is 0 Å². The molecule has 0 aromatic heterocycles. The minimum Gasteiger partial charge on any atom is -0.619 e. The monoisotopic (exact) mass is 683 g/mol. The Morgan fingerprint density at radius 3 is 0.818 bits per heavy atom. The van der Waals surface area contributed by atoms with Crippen molar-refractivity contribution >= 4 is 47.8 Å². The molecule has 1 nitrogen and oxygen atoms in total. The normalized spacial score (nSPS) is 8.58. The largest absolute Gasteiger partial charge is 0.619 e. The number of hydrogen-bond donors (Lipinski definition) is 0. The van der Waals surface area contributed by atoms with Crippen molar-refractivity contribution in [3.8, 4) is 0 Å². The molecule has 1 heterocycles. The number of hydrogen-bond acceptors (Lipinski definition) is 0. The van der Waals surface area contributed by atoms with E-state index in [-0.39, 0.29) is 47.8 Å². The summed E-state index contributed by atoms with van der Waals surface area (Å²) in [4.78, 5) is 0. The molecule has 33 heavy (non-hydrogen) atoms. The zero-order chi connectivity index (χ0) is 25.6. The van der Waals surface area contributed by atoms with Gasteiger partial charge in [-0.15, -0.1) is 4.39 Å². The molecule has 0 bridgehead atoms. The van der Waals surface area contributed by atoms with E-state index in [0.717, 1.165) is 0 Å². The maximum Gasteiger partial charge on any atom is 0.401 e. The molecular weight excluding hydrogens is 619 g/mol. The second-order valence-corrected chi connectivity index (χ2v) is 7.01. The quantitative estimate of drug-likeness (QED) is 0.151. The molecule has 0 saturated carbocycles. The number of allylic oxidation sites excluding steroid dienone is 2. The Labute approximate surface area is 246 Å². The fraction of sp³-hybridized carbons (Fsp3) is 0.828. The van der Waals surface area contributed by atoms with Gasteiger partial charge in [-0.3, -0.25) is 0 Å². The van der Waals surface area contributed by atoms with E-state index < -0.39 is 5.83 Å². The topological polar surface area (TPSA) is 14.1 Å². The van der Waals surface area contributed by atoms with E-state index in [1.807, 2.05) is 0 Å². The molecule has 8 radical (unpaired) electrons. The van der Waals surface area contributed by atoms with E-state index in [4.69, 9.17) is 0 Å². The second kappa shape index (κ2) is 76.7. The zero-order valence-corrected chi connectivity index (χ0v) is 30.7. The van der Waals surface area contributed by atoms with Crippen molar-refractivity contribution in [3.05, 3.63) is 35.4 Å². The maximum absolute atomic E-state index is 11.8. The van der Waals surface area contributed by atoms with E-state index in [1.165, 1.54) is 89.4 Å². The van der Waals surface area contributed by atoms with Crippen LogP contribution >= 0.6 is 0 Å². The summed E-state index contributed by atoms with van der Waals surface area (Å²) in [6.45, 7) is 26.2. The van der Waals surface area contributed by atoms with Crippen molar-refractivity contribution in [2.24, 2.45) is 0 Å². The molecule has 4 heteroatoms. The van der Waals surface area contributed by atoms with E-state index in [0.29, 0.717) is 0 Å². The summed E-state index contributed by atoms with van der Waals surface area (Å²) >= 11 is 0. The van der Waals surface area contributed by atoms with Gasteiger partial charge in [0.25, 0.3) is 0 Å². The molecule has 198 valence electrons. The van der Waals surface area contributed by atoms with Gasteiger partial charge in [0.05, 0.1) is 0 Å². The number of nitrogens with zero attached hydrogens (tertiary/aromatic N) is 1. The van der Waals surface area contributed by atoms with Crippen molar-refractivity contribution in [2.45, 2.75) is 160 Å². The fourth-order valence-corrected chi connectivity index (χ4v) is 0.267. The molecule has 0 unspecified atom stereocenters. The predicted molar refractivity (Wildman–Crippen MR) is 159 cm³/mol. The molecule has 1 rings (SSSR count). The molecule has 1 aliphatic heterocycles. The van der Waals surface area contributed by atoms with Gasteiger partial charge < -0.3 is 5.32 Å². The van der Waals surface area contributed by atoms with Crippen molar-refractivity contribution in [3.63, 3.8) is 0 Å². The van der Waals surface area contributed by atoms with Crippen LogP contribution in [0.25, 0.3) is 5.32 Å². The summed E-state index contributed by atoms with van der Waals surface area (Å²) in [5.41, 5.74) is 2.20. The summed E-state index contributed by atoms with van der Waals surface area (Å²) in [6.07, 6.45) is 20.5. The van der Waals surface area contributed by atoms with Crippen molar-refractivity contribution in [1.29, 1.82) is 0 Å². The van der Waals surface area contributed by atoms with Gasteiger partial charge in [0.15, 0.2) is 0 Å². The molecule has 0 saturated heterocycles. The van der Waals surface area contributed by atoms with E-state index in [1.54, 1.807) is 0 Å². The van der Waals surface area contributed by atoms with Gasteiger partial charge in [-0.1, -0.05) is 160 Å². The van der Waals surface area contributed by atoms with Crippen LogP contribution in [0.15, 0.2) is 24.0 Å². The molecule has 0 amide bonds. The summed E-state index contributed by atoms with van der Waals surface area (Å²) in [5, 5.41) is 3.49. The van der Waals surface area contributed by atoms with Crippen LogP contribution in [0.2, 0.25) is 0 Å². The first-order valence-electron chi connectivity index (χ1n) is 13.3. The third-order valence-corrected chi connectivity index (χ3v) is 3.53. The SMILES string of the molecule is CCCC.CCCC.CCCC.CCCC.CCCC.CCCC.FC1=C=C[N-]C=[C+]1.[Sn].[Sn]. The van der Waals surface area contributed by atoms with Gasteiger partial charge in [0.2, 0.25) is 0 Å². The first kappa shape index (κ1) is 54.4. The van der Waals surface area contributed by atoms with Gasteiger partial charge in [0.1, 0.15) is 11.8 Å². The third kappa shape index (κ3) is 144. The van der Waals surface area contributed by atoms with Crippen LogP contribution < -0.4 is 0 Å². The Morgan fingerprint density at radius 2 is 0.758 bits per heavy atom. The summed E-state index contributed by atoms with van der Waals surface area (Å²) in [6, 6.07) is 0. The molecule has 0 aromatic carbocycles. The molecule has 0 N–H and O–H groups in total. The summed E-state index contributed by atoms with van der Waals surface area (Å²) in [5.74, 6) is -0.491. The van der Waals surface area contributed by atoms with Crippen LogP contribution in [-0.2, 0) is 0 Å². The van der Waals surface area contributed by atoms with Gasteiger partial charge >= 0.3 is 5.83 Å². The minimum atomic E-state index is -0.491. The Bertz CT molecular complexity index is 270. The zero-order valence-electron chi connectivity index (χ0n) is 25.0. The Morgan fingerprint density at radius 1 is 0.545 bits per heavy atom. The maximum atomic E-state index is 11.8. The standard InChI is InChI=1S/C5H2FN.6C4H10.2Sn/c6-5-1-3-7-4-2-5;6*1-3-4-2;;/h3-4H;6*3-4H2,1-2H3;;. The molecule has 0 spiro atoms. The van der Waals surface area contributed by atoms with Crippen molar-refractivity contribution < 1.29 is 4.39 Å². The average Bonchev–Trinajstić information content (AvgIpc) is 2.85. The van der Waals surface area contributed by atoms with Crippen molar-refractivity contribution in [1.82, 2.24) is 0 Å².